The Labute approximate surface area is 117 Å². The van der Waals surface area contributed by atoms with Gasteiger partial charge < -0.3 is 15.2 Å². The average molecular weight is 278 g/mol. The molecule has 0 spiro atoms. The molecule has 0 bridgehead atoms. The molecule has 0 aromatic carbocycles. The van der Waals surface area contributed by atoms with E-state index in [1.165, 1.54) is 26.0 Å². The number of carboxylic acids is 1. The molecule has 0 aliphatic heterocycles. The SMILES string of the molecule is C[C@@H](NC(=O)c1ccc(OC2CCCC2)nc1)C(=O)O. The second-order valence-corrected chi connectivity index (χ2v) is 4.94. The van der Waals surface area contributed by atoms with Crippen molar-refractivity contribution in [3.63, 3.8) is 0 Å². The molecule has 1 atom stereocenters. The number of carboxylic acid groups (broad SMARTS) is 1. The number of nitrogens with one attached hydrogen (secondary N) is 1. The van der Waals surface area contributed by atoms with Crippen molar-refractivity contribution in [2.45, 2.75) is 44.8 Å². The molecular formula is C14H18N2O4. The Hall–Kier alpha value is -2.11. The van der Waals surface area contributed by atoms with Gasteiger partial charge in [0.1, 0.15) is 12.1 Å². The number of carbonyl (C=O) groups excluding carboxylic acids is 1. The molecule has 1 fully saturated rings. The number of pyridine rings is 1. The van der Waals surface area contributed by atoms with E-state index in [9.17, 15) is 9.59 Å². The van der Waals surface area contributed by atoms with E-state index in [1.807, 2.05) is 0 Å². The summed E-state index contributed by atoms with van der Waals surface area (Å²) < 4.78 is 5.69. The maximum Gasteiger partial charge on any atom is 0.325 e. The molecule has 1 aromatic heterocycles. The summed E-state index contributed by atoms with van der Waals surface area (Å²) in [5.41, 5.74) is 0.317. The fourth-order valence-corrected chi connectivity index (χ4v) is 2.10. The Balaban J connectivity index is 1.93. The van der Waals surface area contributed by atoms with Crippen LogP contribution in [-0.4, -0.2) is 34.1 Å². The third-order valence-electron chi connectivity index (χ3n) is 3.31. The third kappa shape index (κ3) is 3.69. The summed E-state index contributed by atoms with van der Waals surface area (Å²) in [6.45, 7) is 1.41. The monoisotopic (exact) mass is 278 g/mol. The number of ether oxygens (including phenoxy) is 1. The minimum Gasteiger partial charge on any atom is -0.480 e. The molecule has 1 aliphatic carbocycles. The molecule has 0 saturated heterocycles. The molecule has 2 N–H and O–H groups in total. The Morgan fingerprint density at radius 1 is 1.40 bits per heavy atom. The van der Waals surface area contributed by atoms with Gasteiger partial charge in [0.15, 0.2) is 0 Å². The highest BCUT2D eigenvalue weighted by Crippen LogP contribution is 2.22. The van der Waals surface area contributed by atoms with Crippen LogP contribution in [0.3, 0.4) is 0 Å². The van der Waals surface area contributed by atoms with Gasteiger partial charge in [0.25, 0.3) is 5.91 Å². The zero-order chi connectivity index (χ0) is 14.5. The standard InChI is InChI=1S/C14H18N2O4/c1-9(14(18)19)16-13(17)10-6-7-12(15-8-10)20-11-4-2-3-5-11/h6-9,11H,2-5H2,1H3,(H,16,17)(H,18,19)/t9-/m1/s1. The first-order chi connectivity index (χ1) is 9.56. The predicted octanol–water partition coefficient (Wildman–Crippen LogP) is 1.61. The Morgan fingerprint density at radius 2 is 2.10 bits per heavy atom. The van der Waals surface area contributed by atoms with Gasteiger partial charge in [0.05, 0.1) is 5.56 Å². The van der Waals surface area contributed by atoms with Crippen LogP contribution < -0.4 is 10.1 Å². The molecule has 0 radical (unpaired) electrons. The van der Waals surface area contributed by atoms with Crippen LogP contribution in [0.2, 0.25) is 0 Å². The van der Waals surface area contributed by atoms with Gasteiger partial charge in [-0.3, -0.25) is 9.59 Å². The molecule has 1 saturated carbocycles. The lowest BCUT2D eigenvalue weighted by molar-refractivity contribution is -0.138. The Morgan fingerprint density at radius 3 is 2.65 bits per heavy atom. The van der Waals surface area contributed by atoms with Crippen LogP contribution in [0, 0.1) is 0 Å². The van der Waals surface area contributed by atoms with Gasteiger partial charge in [-0.05, 0) is 38.7 Å². The fourth-order valence-electron chi connectivity index (χ4n) is 2.10. The molecule has 6 heteroatoms. The van der Waals surface area contributed by atoms with Crippen LogP contribution in [0.1, 0.15) is 43.0 Å². The molecule has 0 unspecified atom stereocenters. The van der Waals surface area contributed by atoms with Gasteiger partial charge in [0, 0.05) is 12.3 Å². The van der Waals surface area contributed by atoms with Crippen molar-refractivity contribution in [1.29, 1.82) is 0 Å². The number of hydrogen-bond acceptors (Lipinski definition) is 4. The van der Waals surface area contributed by atoms with Crippen molar-refractivity contribution in [1.82, 2.24) is 10.3 Å². The van der Waals surface area contributed by atoms with E-state index in [-0.39, 0.29) is 6.10 Å². The summed E-state index contributed by atoms with van der Waals surface area (Å²) in [7, 11) is 0. The quantitative estimate of drug-likeness (QED) is 0.854. The van der Waals surface area contributed by atoms with Crippen LogP contribution in [0.15, 0.2) is 18.3 Å². The molecule has 2 rings (SSSR count). The van der Waals surface area contributed by atoms with E-state index in [0.717, 1.165) is 12.8 Å². The van der Waals surface area contributed by atoms with Gasteiger partial charge in [-0.25, -0.2) is 4.98 Å². The maximum absolute atomic E-state index is 11.8. The highest BCUT2D eigenvalue weighted by molar-refractivity contribution is 5.96. The smallest absolute Gasteiger partial charge is 0.325 e. The number of rotatable bonds is 5. The van der Waals surface area contributed by atoms with Crippen LogP contribution in [0.4, 0.5) is 0 Å². The summed E-state index contributed by atoms with van der Waals surface area (Å²) in [5.74, 6) is -1.04. The second kappa shape index (κ2) is 6.36. The molecule has 1 amide bonds. The van der Waals surface area contributed by atoms with Crippen LogP contribution in [-0.2, 0) is 4.79 Å². The van der Waals surface area contributed by atoms with Crippen LogP contribution >= 0.6 is 0 Å². The van der Waals surface area contributed by atoms with E-state index in [0.29, 0.717) is 11.4 Å². The molecule has 20 heavy (non-hydrogen) atoms. The average Bonchev–Trinajstić information content (AvgIpc) is 2.92. The third-order valence-corrected chi connectivity index (χ3v) is 3.31. The normalized spacial score (nSPS) is 16.6. The number of hydrogen-bond donors (Lipinski definition) is 2. The van der Waals surface area contributed by atoms with Crippen molar-refractivity contribution in [2.24, 2.45) is 0 Å². The Bertz CT molecular complexity index is 480. The first-order valence-corrected chi connectivity index (χ1v) is 6.72. The van der Waals surface area contributed by atoms with Crippen molar-refractivity contribution in [2.75, 3.05) is 0 Å². The zero-order valence-corrected chi connectivity index (χ0v) is 11.3. The molecule has 108 valence electrons. The summed E-state index contributed by atoms with van der Waals surface area (Å²) in [5, 5.41) is 11.1. The van der Waals surface area contributed by atoms with E-state index >= 15 is 0 Å². The highest BCUT2D eigenvalue weighted by Gasteiger charge is 2.18. The van der Waals surface area contributed by atoms with Gasteiger partial charge in [-0.2, -0.15) is 0 Å². The van der Waals surface area contributed by atoms with E-state index in [4.69, 9.17) is 9.84 Å². The summed E-state index contributed by atoms with van der Waals surface area (Å²) in [6.07, 6.45) is 6.05. The van der Waals surface area contributed by atoms with Crippen molar-refractivity contribution in [3.05, 3.63) is 23.9 Å². The fraction of sp³-hybridized carbons (Fsp3) is 0.500. The van der Waals surface area contributed by atoms with Crippen molar-refractivity contribution in [3.8, 4) is 5.88 Å². The number of aliphatic carboxylic acids is 1. The van der Waals surface area contributed by atoms with E-state index < -0.39 is 17.9 Å². The lowest BCUT2D eigenvalue weighted by atomic mass is 10.2. The lowest BCUT2D eigenvalue weighted by Crippen LogP contribution is -2.38. The van der Waals surface area contributed by atoms with Gasteiger partial charge in [0.2, 0.25) is 5.88 Å². The molecule has 1 aromatic rings. The molecule has 6 nitrogen and oxygen atoms in total. The van der Waals surface area contributed by atoms with Crippen LogP contribution in [0.25, 0.3) is 0 Å². The second-order valence-electron chi connectivity index (χ2n) is 4.94. The molecule has 1 aliphatic rings. The maximum atomic E-state index is 11.8. The first kappa shape index (κ1) is 14.3. The summed E-state index contributed by atoms with van der Waals surface area (Å²) in [6, 6.07) is 2.29. The number of amides is 1. The lowest BCUT2D eigenvalue weighted by Gasteiger charge is -2.12. The summed E-state index contributed by atoms with van der Waals surface area (Å²) in [4.78, 5) is 26.5. The van der Waals surface area contributed by atoms with Gasteiger partial charge in [-0.1, -0.05) is 0 Å². The van der Waals surface area contributed by atoms with Gasteiger partial charge in [-0.15, -0.1) is 0 Å². The zero-order valence-electron chi connectivity index (χ0n) is 11.3. The summed E-state index contributed by atoms with van der Waals surface area (Å²) >= 11 is 0. The van der Waals surface area contributed by atoms with E-state index in [2.05, 4.69) is 10.3 Å². The number of nitrogens with zero attached hydrogens (tertiary/aromatic N) is 1. The van der Waals surface area contributed by atoms with Crippen molar-refractivity contribution >= 4 is 11.9 Å². The van der Waals surface area contributed by atoms with Crippen LogP contribution in [0.5, 0.6) is 5.88 Å². The minimum absolute atomic E-state index is 0.217. The minimum atomic E-state index is -1.08. The van der Waals surface area contributed by atoms with Gasteiger partial charge >= 0.3 is 5.97 Å². The number of carbonyl (C=O) groups is 2. The first-order valence-electron chi connectivity index (χ1n) is 6.72. The topological polar surface area (TPSA) is 88.5 Å². The molecular weight excluding hydrogens is 260 g/mol. The highest BCUT2D eigenvalue weighted by atomic mass is 16.5. The van der Waals surface area contributed by atoms with Crippen molar-refractivity contribution < 1.29 is 19.4 Å². The molecule has 1 heterocycles. The largest absolute Gasteiger partial charge is 0.480 e. The van der Waals surface area contributed by atoms with E-state index in [1.54, 1.807) is 12.1 Å². The Kier molecular flexibility index (Phi) is 4.55. The predicted molar refractivity (Wildman–Crippen MR) is 71.7 cm³/mol. The number of aromatic nitrogens is 1.